The molecule has 3 aromatic rings. The molecule has 0 bridgehead atoms. The van der Waals surface area contributed by atoms with Crippen molar-refractivity contribution >= 4 is 22.4 Å². The van der Waals surface area contributed by atoms with Gasteiger partial charge in [0.25, 0.3) is 0 Å². The smallest absolute Gasteiger partial charge is 0.123 e. The molecule has 0 aliphatic rings. The molecular weight excluding hydrogens is 278 g/mol. The van der Waals surface area contributed by atoms with Crippen molar-refractivity contribution in [2.45, 2.75) is 39.4 Å². The van der Waals surface area contributed by atoms with Gasteiger partial charge in [-0.2, -0.15) is 0 Å². The fourth-order valence-electron chi connectivity index (χ4n) is 2.62. The van der Waals surface area contributed by atoms with Crippen molar-refractivity contribution in [3.8, 4) is 0 Å². The largest absolute Gasteiger partial charge is 0.327 e. The summed E-state index contributed by atoms with van der Waals surface area (Å²) in [7, 11) is 0. The summed E-state index contributed by atoms with van der Waals surface area (Å²) in [6.45, 7) is 6.23. The molecule has 0 aliphatic heterocycles. The fraction of sp³-hybridized carbons (Fsp3) is 0.353. The molecule has 0 unspecified atom stereocenters. The van der Waals surface area contributed by atoms with Gasteiger partial charge in [-0.15, -0.1) is 11.3 Å². The van der Waals surface area contributed by atoms with E-state index in [0.29, 0.717) is 6.04 Å². The molecule has 0 aliphatic carbocycles. The summed E-state index contributed by atoms with van der Waals surface area (Å²) in [5.41, 5.74) is 2.33. The van der Waals surface area contributed by atoms with Crippen molar-refractivity contribution in [2.24, 2.45) is 0 Å². The van der Waals surface area contributed by atoms with Gasteiger partial charge in [0.15, 0.2) is 0 Å². The van der Waals surface area contributed by atoms with E-state index in [-0.39, 0.29) is 0 Å². The molecule has 21 heavy (non-hydrogen) atoms. The Morgan fingerprint density at radius 3 is 2.86 bits per heavy atom. The summed E-state index contributed by atoms with van der Waals surface area (Å²) in [5, 5.41) is 5.71. The number of hydrogen-bond acceptors (Lipinski definition) is 3. The maximum atomic E-state index is 4.79. The number of fused-ring (bicyclic) bond motifs is 1. The summed E-state index contributed by atoms with van der Waals surface area (Å²) >= 11 is 1.80. The molecule has 0 fully saturated rings. The van der Waals surface area contributed by atoms with Crippen LogP contribution < -0.4 is 5.32 Å². The summed E-state index contributed by atoms with van der Waals surface area (Å²) < 4.78 is 2.34. The van der Waals surface area contributed by atoms with Crippen molar-refractivity contribution in [2.75, 3.05) is 0 Å². The number of hydrogen-bond donors (Lipinski definition) is 1. The van der Waals surface area contributed by atoms with Gasteiger partial charge in [0.2, 0.25) is 0 Å². The lowest BCUT2D eigenvalue weighted by molar-refractivity contribution is 0.541. The second kappa shape index (κ2) is 6.41. The number of aryl methyl sites for hydroxylation is 1. The summed E-state index contributed by atoms with van der Waals surface area (Å²) in [5.74, 6) is 1.13. The zero-order valence-corrected chi connectivity index (χ0v) is 13.4. The normalized spacial score (nSPS) is 12.9. The average Bonchev–Trinajstić information content (AvgIpc) is 3.14. The SMILES string of the molecule is CCCn1c(CN[C@@H](C)c2cccs2)nc2ccccc21. The maximum Gasteiger partial charge on any atom is 0.123 e. The summed E-state index contributed by atoms with van der Waals surface area (Å²) in [6, 6.07) is 13.0. The van der Waals surface area contributed by atoms with Gasteiger partial charge in [0, 0.05) is 17.5 Å². The Hall–Kier alpha value is -1.65. The molecule has 0 spiro atoms. The highest BCUT2D eigenvalue weighted by molar-refractivity contribution is 7.10. The van der Waals surface area contributed by atoms with Crippen LogP contribution in [0.5, 0.6) is 0 Å². The third kappa shape index (κ3) is 3.01. The van der Waals surface area contributed by atoms with Crippen LogP contribution in [-0.4, -0.2) is 9.55 Å². The molecule has 0 saturated carbocycles. The third-order valence-corrected chi connectivity index (χ3v) is 4.77. The number of imidazole rings is 1. The first-order valence-corrected chi connectivity index (χ1v) is 8.38. The van der Waals surface area contributed by atoms with E-state index in [1.54, 1.807) is 11.3 Å². The molecule has 0 radical (unpaired) electrons. The van der Waals surface area contributed by atoms with Crippen LogP contribution in [0.3, 0.4) is 0 Å². The zero-order valence-electron chi connectivity index (χ0n) is 12.5. The van der Waals surface area contributed by atoms with Gasteiger partial charge in [-0.1, -0.05) is 25.1 Å². The maximum absolute atomic E-state index is 4.79. The second-order valence-electron chi connectivity index (χ2n) is 5.29. The molecule has 0 saturated heterocycles. The van der Waals surface area contributed by atoms with Gasteiger partial charge in [-0.3, -0.25) is 0 Å². The highest BCUT2D eigenvalue weighted by Crippen LogP contribution is 2.20. The Labute approximate surface area is 129 Å². The zero-order chi connectivity index (χ0) is 14.7. The van der Waals surface area contributed by atoms with Gasteiger partial charge in [-0.05, 0) is 36.9 Å². The molecule has 1 aromatic carbocycles. The van der Waals surface area contributed by atoms with E-state index < -0.39 is 0 Å². The number of para-hydroxylation sites is 2. The van der Waals surface area contributed by atoms with Crippen LogP contribution in [0, 0.1) is 0 Å². The Kier molecular flexibility index (Phi) is 4.36. The first-order chi connectivity index (χ1) is 10.3. The Morgan fingerprint density at radius 2 is 2.10 bits per heavy atom. The second-order valence-corrected chi connectivity index (χ2v) is 6.27. The van der Waals surface area contributed by atoms with E-state index in [2.05, 4.69) is 65.5 Å². The van der Waals surface area contributed by atoms with Gasteiger partial charge < -0.3 is 9.88 Å². The molecule has 0 amide bonds. The fourth-order valence-corrected chi connectivity index (χ4v) is 3.37. The van der Waals surface area contributed by atoms with E-state index in [1.807, 2.05) is 0 Å². The molecule has 4 heteroatoms. The van der Waals surface area contributed by atoms with E-state index in [4.69, 9.17) is 4.98 Å². The van der Waals surface area contributed by atoms with Crippen LogP contribution >= 0.6 is 11.3 Å². The molecule has 2 heterocycles. The summed E-state index contributed by atoms with van der Waals surface area (Å²) in [6.07, 6.45) is 1.12. The Bertz CT molecular complexity index is 700. The van der Waals surface area contributed by atoms with Crippen LogP contribution in [0.25, 0.3) is 11.0 Å². The van der Waals surface area contributed by atoms with Gasteiger partial charge >= 0.3 is 0 Å². The molecule has 2 aromatic heterocycles. The Morgan fingerprint density at radius 1 is 1.24 bits per heavy atom. The predicted octanol–water partition coefficient (Wildman–Crippen LogP) is 4.36. The Balaban J connectivity index is 1.81. The van der Waals surface area contributed by atoms with E-state index in [1.165, 1.54) is 10.4 Å². The van der Waals surface area contributed by atoms with E-state index in [0.717, 1.165) is 30.9 Å². The number of benzene rings is 1. The molecule has 1 N–H and O–H groups in total. The van der Waals surface area contributed by atoms with Gasteiger partial charge in [-0.25, -0.2) is 4.98 Å². The van der Waals surface area contributed by atoms with Crippen molar-refractivity contribution in [1.29, 1.82) is 0 Å². The topological polar surface area (TPSA) is 29.9 Å². The van der Waals surface area contributed by atoms with Crippen LogP contribution in [0.2, 0.25) is 0 Å². The van der Waals surface area contributed by atoms with Crippen molar-refractivity contribution < 1.29 is 0 Å². The number of nitrogens with one attached hydrogen (secondary N) is 1. The molecule has 110 valence electrons. The highest BCUT2D eigenvalue weighted by atomic mass is 32.1. The van der Waals surface area contributed by atoms with E-state index in [9.17, 15) is 0 Å². The first kappa shape index (κ1) is 14.3. The van der Waals surface area contributed by atoms with Crippen LogP contribution in [0.4, 0.5) is 0 Å². The lowest BCUT2D eigenvalue weighted by Gasteiger charge is -2.13. The number of aromatic nitrogens is 2. The standard InChI is InChI=1S/C17H21N3S/c1-3-10-20-15-8-5-4-7-14(15)19-17(20)12-18-13(2)16-9-6-11-21-16/h4-9,11,13,18H,3,10,12H2,1-2H3/t13-/m0/s1. The van der Waals surface area contributed by atoms with Crippen LogP contribution in [-0.2, 0) is 13.1 Å². The molecular formula is C17H21N3S. The predicted molar refractivity (Wildman–Crippen MR) is 89.6 cm³/mol. The van der Waals surface area contributed by atoms with Crippen LogP contribution in [0.1, 0.15) is 37.0 Å². The van der Waals surface area contributed by atoms with Crippen molar-refractivity contribution in [3.63, 3.8) is 0 Å². The quantitative estimate of drug-likeness (QED) is 0.733. The van der Waals surface area contributed by atoms with Crippen molar-refractivity contribution in [1.82, 2.24) is 14.9 Å². The van der Waals surface area contributed by atoms with Crippen LogP contribution in [0.15, 0.2) is 41.8 Å². The summed E-state index contributed by atoms with van der Waals surface area (Å²) in [4.78, 5) is 6.16. The average molecular weight is 299 g/mol. The highest BCUT2D eigenvalue weighted by Gasteiger charge is 2.11. The lowest BCUT2D eigenvalue weighted by Crippen LogP contribution is -2.20. The number of rotatable bonds is 6. The monoisotopic (exact) mass is 299 g/mol. The first-order valence-electron chi connectivity index (χ1n) is 7.50. The van der Waals surface area contributed by atoms with Gasteiger partial charge in [0.1, 0.15) is 5.82 Å². The minimum Gasteiger partial charge on any atom is -0.327 e. The third-order valence-electron chi connectivity index (χ3n) is 3.72. The minimum absolute atomic E-state index is 0.361. The molecule has 3 nitrogen and oxygen atoms in total. The molecule has 1 atom stereocenters. The van der Waals surface area contributed by atoms with Gasteiger partial charge in [0.05, 0.1) is 17.6 Å². The molecule has 3 rings (SSSR count). The number of thiophene rings is 1. The lowest BCUT2D eigenvalue weighted by atomic mass is 10.3. The van der Waals surface area contributed by atoms with Crippen molar-refractivity contribution in [3.05, 3.63) is 52.5 Å². The number of nitrogens with zero attached hydrogens (tertiary/aromatic N) is 2. The van der Waals surface area contributed by atoms with E-state index >= 15 is 0 Å². The minimum atomic E-state index is 0.361.